The van der Waals surface area contributed by atoms with Gasteiger partial charge < -0.3 is 10.2 Å². The number of nitro groups is 1. The molecule has 10 heteroatoms. The molecule has 1 saturated heterocycles. The van der Waals surface area contributed by atoms with Crippen LogP contribution in [0.25, 0.3) is 0 Å². The number of anilines is 1. The van der Waals surface area contributed by atoms with Crippen molar-refractivity contribution in [2.45, 2.75) is 17.9 Å². The van der Waals surface area contributed by atoms with Crippen LogP contribution in [0.15, 0.2) is 47.4 Å². The first-order chi connectivity index (χ1) is 13.7. The van der Waals surface area contributed by atoms with Gasteiger partial charge in [0.05, 0.1) is 9.82 Å². The van der Waals surface area contributed by atoms with Crippen molar-refractivity contribution in [1.82, 2.24) is 9.21 Å². The second-order valence-corrected chi connectivity index (χ2v) is 9.00. The lowest BCUT2D eigenvalue weighted by atomic mass is 10.1. The fraction of sp³-hybridized carbons (Fsp3) is 0.368. The fourth-order valence-electron chi connectivity index (χ4n) is 3.19. The first kappa shape index (κ1) is 21.2. The molecule has 1 aliphatic rings. The minimum atomic E-state index is -3.81. The second-order valence-electron chi connectivity index (χ2n) is 7.06. The van der Waals surface area contributed by atoms with Gasteiger partial charge in [-0.2, -0.15) is 4.31 Å². The van der Waals surface area contributed by atoms with E-state index >= 15 is 0 Å². The Morgan fingerprint density at radius 2 is 1.72 bits per heavy atom. The SMILES string of the molecule is C[C@H](Nc1ccc(S(=O)(=O)N2CCN(C)CC2)cc1[N+](=O)[O-])c1ccc(F)cc1. The average molecular weight is 422 g/mol. The van der Waals surface area contributed by atoms with Gasteiger partial charge in [0.1, 0.15) is 11.5 Å². The van der Waals surface area contributed by atoms with Crippen LogP contribution in [0.1, 0.15) is 18.5 Å². The van der Waals surface area contributed by atoms with E-state index in [0.717, 1.165) is 11.6 Å². The number of rotatable bonds is 6. The molecule has 2 aromatic carbocycles. The van der Waals surface area contributed by atoms with Gasteiger partial charge in [-0.1, -0.05) is 12.1 Å². The standard InChI is InChI=1S/C19H23FN4O4S/c1-14(15-3-5-16(20)6-4-15)21-18-8-7-17(13-19(18)24(25)26)29(27,28)23-11-9-22(2)10-12-23/h3-8,13-14,21H,9-12H2,1-2H3/t14-/m0/s1. The Hall–Kier alpha value is -2.56. The molecule has 1 heterocycles. The van der Waals surface area contributed by atoms with Crippen LogP contribution < -0.4 is 5.32 Å². The van der Waals surface area contributed by atoms with E-state index in [4.69, 9.17) is 0 Å². The summed E-state index contributed by atoms with van der Waals surface area (Å²) in [7, 11) is -1.90. The molecule has 1 N–H and O–H groups in total. The van der Waals surface area contributed by atoms with Crippen LogP contribution in [0.2, 0.25) is 0 Å². The Labute approximate surface area is 169 Å². The van der Waals surface area contributed by atoms with Crippen LogP contribution in [0.3, 0.4) is 0 Å². The van der Waals surface area contributed by atoms with Crippen LogP contribution in [-0.2, 0) is 10.0 Å². The van der Waals surface area contributed by atoms with Gasteiger partial charge in [-0.3, -0.25) is 10.1 Å². The van der Waals surface area contributed by atoms with E-state index in [1.165, 1.54) is 28.6 Å². The first-order valence-corrected chi connectivity index (χ1v) is 10.6. The van der Waals surface area contributed by atoms with Crippen LogP contribution in [0.5, 0.6) is 0 Å². The van der Waals surface area contributed by atoms with Gasteiger partial charge >= 0.3 is 0 Å². The van der Waals surface area contributed by atoms with Gasteiger partial charge in [-0.05, 0) is 43.8 Å². The van der Waals surface area contributed by atoms with Crippen molar-refractivity contribution in [3.63, 3.8) is 0 Å². The summed E-state index contributed by atoms with van der Waals surface area (Å²) in [6.07, 6.45) is 0. The molecule has 8 nitrogen and oxygen atoms in total. The molecule has 1 aliphatic heterocycles. The van der Waals surface area contributed by atoms with Crippen molar-refractivity contribution in [1.29, 1.82) is 0 Å². The highest BCUT2D eigenvalue weighted by Gasteiger charge is 2.29. The summed E-state index contributed by atoms with van der Waals surface area (Å²) in [6, 6.07) is 9.33. The van der Waals surface area contributed by atoms with Gasteiger partial charge in [-0.25, -0.2) is 12.8 Å². The van der Waals surface area contributed by atoms with Gasteiger partial charge in [0.15, 0.2) is 0 Å². The Balaban J connectivity index is 1.87. The summed E-state index contributed by atoms with van der Waals surface area (Å²) in [6.45, 7) is 3.68. The summed E-state index contributed by atoms with van der Waals surface area (Å²) in [5.41, 5.74) is 0.619. The van der Waals surface area contributed by atoms with Gasteiger partial charge in [0, 0.05) is 38.3 Å². The summed E-state index contributed by atoms with van der Waals surface area (Å²) < 4.78 is 40.2. The fourth-order valence-corrected chi connectivity index (χ4v) is 4.63. The molecule has 156 valence electrons. The maximum Gasteiger partial charge on any atom is 0.293 e. The lowest BCUT2D eigenvalue weighted by molar-refractivity contribution is -0.384. The van der Waals surface area contributed by atoms with Crippen molar-refractivity contribution < 1.29 is 17.7 Å². The molecule has 0 radical (unpaired) electrons. The lowest BCUT2D eigenvalue weighted by Gasteiger charge is -2.31. The number of nitrogens with zero attached hydrogens (tertiary/aromatic N) is 3. The summed E-state index contributed by atoms with van der Waals surface area (Å²) in [4.78, 5) is 12.9. The van der Waals surface area contributed by atoms with Crippen molar-refractivity contribution in [3.8, 4) is 0 Å². The molecule has 0 saturated carbocycles. The van der Waals surface area contributed by atoms with E-state index in [0.29, 0.717) is 26.2 Å². The Morgan fingerprint density at radius 1 is 1.10 bits per heavy atom. The predicted molar refractivity (Wildman–Crippen MR) is 108 cm³/mol. The second kappa shape index (κ2) is 8.44. The quantitative estimate of drug-likeness (QED) is 0.568. The molecule has 0 bridgehead atoms. The molecule has 29 heavy (non-hydrogen) atoms. The summed E-state index contributed by atoms with van der Waals surface area (Å²) >= 11 is 0. The number of halogens is 1. The number of likely N-dealkylation sites (N-methyl/N-ethyl adjacent to an activating group) is 1. The number of piperazine rings is 1. The molecule has 0 aromatic heterocycles. The minimum Gasteiger partial charge on any atom is -0.373 e. The molecule has 0 spiro atoms. The third-order valence-corrected chi connectivity index (χ3v) is 6.90. The maximum absolute atomic E-state index is 13.1. The van der Waals surface area contributed by atoms with E-state index < -0.39 is 14.9 Å². The summed E-state index contributed by atoms with van der Waals surface area (Å²) in [5.74, 6) is -0.370. The molecule has 3 rings (SSSR count). The highest BCUT2D eigenvalue weighted by atomic mass is 32.2. The van der Waals surface area contributed by atoms with Gasteiger partial charge in [0.2, 0.25) is 10.0 Å². The average Bonchev–Trinajstić information content (AvgIpc) is 2.68. The van der Waals surface area contributed by atoms with Crippen molar-refractivity contribution in [2.75, 3.05) is 38.5 Å². The topological polar surface area (TPSA) is 95.8 Å². The van der Waals surface area contributed by atoms with Crippen LogP contribution >= 0.6 is 0 Å². The maximum atomic E-state index is 13.1. The van der Waals surface area contributed by atoms with Crippen LogP contribution in [0.4, 0.5) is 15.8 Å². The normalized spacial score (nSPS) is 17.1. The molecule has 1 atom stereocenters. The smallest absolute Gasteiger partial charge is 0.293 e. The third kappa shape index (κ3) is 4.72. The van der Waals surface area contributed by atoms with E-state index in [1.807, 2.05) is 11.9 Å². The number of benzene rings is 2. The van der Waals surface area contributed by atoms with Crippen molar-refractivity contribution >= 4 is 21.4 Å². The van der Waals surface area contributed by atoms with Crippen molar-refractivity contribution in [2.24, 2.45) is 0 Å². The summed E-state index contributed by atoms with van der Waals surface area (Å²) in [5, 5.41) is 14.6. The lowest BCUT2D eigenvalue weighted by Crippen LogP contribution is -2.47. The monoisotopic (exact) mass is 422 g/mol. The molecular weight excluding hydrogens is 399 g/mol. The minimum absolute atomic E-state index is 0.103. The Morgan fingerprint density at radius 3 is 2.31 bits per heavy atom. The highest BCUT2D eigenvalue weighted by molar-refractivity contribution is 7.89. The van der Waals surface area contributed by atoms with Crippen LogP contribution in [-0.4, -0.2) is 55.8 Å². The zero-order chi connectivity index (χ0) is 21.2. The number of hydrogen-bond donors (Lipinski definition) is 1. The molecule has 0 aliphatic carbocycles. The highest BCUT2D eigenvalue weighted by Crippen LogP contribution is 2.32. The van der Waals surface area contributed by atoms with E-state index in [-0.39, 0.29) is 28.1 Å². The molecule has 0 unspecified atom stereocenters. The van der Waals surface area contributed by atoms with Crippen molar-refractivity contribution in [3.05, 3.63) is 64.0 Å². The molecule has 2 aromatic rings. The van der Waals surface area contributed by atoms with Crippen LogP contribution in [0, 0.1) is 15.9 Å². The first-order valence-electron chi connectivity index (χ1n) is 9.17. The third-order valence-electron chi connectivity index (χ3n) is 5.01. The largest absolute Gasteiger partial charge is 0.373 e. The molecule has 1 fully saturated rings. The van der Waals surface area contributed by atoms with Gasteiger partial charge in [0.25, 0.3) is 5.69 Å². The number of nitro benzene ring substituents is 1. The van der Waals surface area contributed by atoms with E-state index in [9.17, 15) is 22.9 Å². The number of sulfonamides is 1. The zero-order valence-corrected chi connectivity index (χ0v) is 17.0. The van der Waals surface area contributed by atoms with Gasteiger partial charge in [-0.15, -0.1) is 0 Å². The Bertz CT molecular complexity index is 990. The number of hydrogen-bond acceptors (Lipinski definition) is 6. The number of nitrogens with one attached hydrogen (secondary N) is 1. The van der Waals surface area contributed by atoms with E-state index in [1.54, 1.807) is 19.1 Å². The zero-order valence-electron chi connectivity index (χ0n) is 16.2. The molecular formula is C19H23FN4O4S. The van der Waals surface area contributed by atoms with E-state index in [2.05, 4.69) is 5.32 Å². The Kier molecular flexibility index (Phi) is 6.15. The predicted octanol–water partition coefficient (Wildman–Crippen LogP) is 2.84. The molecule has 0 amide bonds.